The van der Waals surface area contributed by atoms with E-state index in [1.165, 1.54) is 0 Å². The molecule has 1 aromatic rings. The van der Waals surface area contributed by atoms with Crippen LogP contribution in [0.15, 0.2) is 35.2 Å². The second-order valence-electron chi connectivity index (χ2n) is 3.49. The zero-order chi connectivity index (χ0) is 11.1. The van der Waals surface area contributed by atoms with Gasteiger partial charge in [-0.15, -0.1) is 0 Å². The summed E-state index contributed by atoms with van der Waals surface area (Å²) in [5, 5.41) is 0. The van der Waals surface area contributed by atoms with Crippen molar-refractivity contribution in [3.05, 3.63) is 30.3 Å². The van der Waals surface area contributed by atoms with Crippen molar-refractivity contribution in [2.45, 2.75) is 31.6 Å². The highest BCUT2D eigenvalue weighted by Gasteiger charge is 2.12. The van der Waals surface area contributed by atoms with Crippen LogP contribution in [-0.2, 0) is 11.0 Å². The van der Waals surface area contributed by atoms with Crippen molar-refractivity contribution in [3.63, 3.8) is 0 Å². The lowest BCUT2D eigenvalue weighted by Crippen LogP contribution is -2.27. The van der Waals surface area contributed by atoms with Gasteiger partial charge in [0.05, 0.1) is 4.90 Å². The van der Waals surface area contributed by atoms with Crippen LogP contribution in [0.5, 0.6) is 0 Å². The zero-order valence-electron chi connectivity index (χ0n) is 9.48. The van der Waals surface area contributed by atoms with E-state index in [9.17, 15) is 4.21 Å². The summed E-state index contributed by atoms with van der Waals surface area (Å²) in [6.45, 7) is 6.03. The third-order valence-electron chi connectivity index (χ3n) is 2.13. The highest BCUT2D eigenvalue weighted by molar-refractivity contribution is 7.82. The molecule has 0 amide bonds. The first kappa shape index (κ1) is 12.4. The molecule has 15 heavy (non-hydrogen) atoms. The van der Waals surface area contributed by atoms with Crippen molar-refractivity contribution in [1.29, 1.82) is 0 Å². The van der Waals surface area contributed by atoms with Crippen LogP contribution in [0.2, 0.25) is 0 Å². The molecule has 1 rings (SSSR count). The molecule has 0 aromatic heterocycles. The molecule has 0 fully saturated rings. The second kappa shape index (κ2) is 6.75. The molecule has 1 atom stereocenters. The molecular weight excluding hydrogens is 206 g/mol. The molecule has 3 heteroatoms. The van der Waals surface area contributed by atoms with E-state index in [2.05, 4.69) is 13.8 Å². The first-order chi connectivity index (χ1) is 7.29. The molecule has 84 valence electrons. The molecule has 0 bridgehead atoms. The maximum atomic E-state index is 12.2. The van der Waals surface area contributed by atoms with E-state index in [0.29, 0.717) is 0 Å². The Balaban J connectivity index is 2.71. The van der Waals surface area contributed by atoms with E-state index < -0.39 is 11.0 Å². The number of benzene rings is 1. The Labute approximate surface area is 94.9 Å². The first-order valence-electron chi connectivity index (χ1n) is 5.51. The van der Waals surface area contributed by atoms with Gasteiger partial charge in [0.25, 0.3) is 0 Å². The lowest BCUT2D eigenvalue weighted by molar-refractivity contribution is 0.442. The highest BCUT2D eigenvalue weighted by atomic mass is 32.2. The van der Waals surface area contributed by atoms with Crippen LogP contribution in [0, 0.1) is 0 Å². The molecule has 0 N–H and O–H groups in total. The van der Waals surface area contributed by atoms with E-state index in [1.54, 1.807) is 0 Å². The fourth-order valence-electron chi connectivity index (χ4n) is 1.46. The summed E-state index contributed by atoms with van der Waals surface area (Å²) in [5.74, 6) is 0. The average Bonchev–Trinajstić information content (AvgIpc) is 2.29. The van der Waals surface area contributed by atoms with Crippen LogP contribution < -0.4 is 0 Å². The lowest BCUT2D eigenvalue weighted by atomic mass is 10.4. The normalized spacial score (nSPS) is 13.0. The van der Waals surface area contributed by atoms with Gasteiger partial charge in [0.1, 0.15) is 11.0 Å². The molecule has 0 aliphatic rings. The molecule has 0 saturated carbocycles. The number of hydrogen-bond acceptors (Lipinski definition) is 1. The minimum absolute atomic E-state index is 0.898. The molecule has 2 nitrogen and oxygen atoms in total. The second-order valence-corrected chi connectivity index (χ2v) is 4.98. The average molecular weight is 225 g/mol. The van der Waals surface area contributed by atoms with Gasteiger partial charge in [-0.3, -0.25) is 0 Å². The van der Waals surface area contributed by atoms with Crippen molar-refractivity contribution < 1.29 is 4.21 Å². The minimum Gasteiger partial charge on any atom is -0.237 e. The Hall–Kier alpha value is -0.670. The maximum absolute atomic E-state index is 12.2. The monoisotopic (exact) mass is 225 g/mol. The fourth-order valence-corrected chi connectivity index (χ4v) is 2.85. The summed E-state index contributed by atoms with van der Waals surface area (Å²) in [4.78, 5) is 0.902. The van der Waals surface area contributed by atoms with Crippen molar-refractivity contribution >= 4 is 11.0 Å². The van der Waals surface area contributed by atoms with E-state index >= 15 is 0 Å². The molecule has 0 radical (unpaired) electrons. The predicted octanol–water partition coefficient (Wildman–Crippen LogP) is 2.83. The largest absolute Gasteiger partial charge is 0.237 e. The summed E-state index contributed by atoms with van der Waals surface area (Å²) >= 11 is 0. The van der Waals surface area contributed by atoms with E-state index in [4.69, 9.17) is 0 Å². The van der Waals surface area contributed by atoms with Gasteiger partial charge >= 0.3 is 0 Å². The zero-order valence-corrected chi connectivity index (χ0v) is 10.3. The third-order valence-corrected chi connectivity index (χ3v) is 3.63. The quantitative estimate of drug-likeness (QED) is 0.729. The number of rotatable bonds is 6. The predicted molar refractivity (Wildman–Crippen MR) is 65.0 cm³/mol. The molecule has 1 unspecified atom stereocenters. The molecule has 0 aliphatic heterocycles. The van der Waals surface area contributed by atoms with Crippen molar-refractivity contribution in [1.82, 2.24) is 4.31 Å². The summed E-state index contributed by atoms with van der Waals surface area (Å²) < 4.78 is 14.2. The Kier molecular flexibility index (Phi) is 5.58. The van der Waals surface area contributed by atoms with Gasteiger partial charge in [-0.05, 0) is 25.0 Å². The van der Waals surface area contributed by atoms with Gasteiger partial charge in [0.15, 0.2) is 0 Å². The van der Waals surface area contributed by atoms with Crippen LogP contribution in [-0.4, -0.2) is 21.6 Å². The highest BCUT2D eigenvalue weighted by Crippen LogP contribution is 2.11. The van der Waals surface area contributed by atoms with Gasteiger partial charge in [-0.1, -0.05) is 32.0 Å². The molecule has 0 aliphatic carbocycles. The van der Waals surface area contributed by atoms with Crippen LogP contribution >= 0.6 is 0 Å². The molecule has 0 spiro atoms. The van der Waals surface area contributed by atoms with Crippen molar-refractivity contribution in [2.24, 2.45) is 0 Å². The first-order valence-corrected chi connectivity index (χ1v) is 6.62. The molecular formula is C12H19NOS. The van der Waals surface area contributed by atoms with Crippen LogP contribution in [0.4, 0.5) is 0 Å². The van der Waals surface area contributed by atoms with Gasteiger partial charge < -0.3 is 0 Å². The Bertz CT molecular complexity index is 294. The van der Waals surface area contributed by atoms with Crippen molar-refractivity contribution in [3.8, 4) is 0 Å². The summed E-state index contributed by atoms with van der Waals surface area (Å²) in [5.41, 5.74) is 0. The topological polar surface area (TPSA) is 20.3 Å². The van der Waals surface area contributed by atoms with Crippen LogP contribution in [0.3, 0.4) is 0 Å². The minimum atomic E-state index is -0.988. The van der Waals surface area contributed by atoms with Gasteiger partial charge in [0.2, 0.25) is 0 Å². The van der Waals surface area contributed by atoms with Crippen molar-refractivity contribution in [2.75, 3.05) is 13.1 Å². The molecule has 1 aromatic carbocycles. The summed E-state index contributed by atoms with van der Waals surface area (Å²) in [6.07, 6.45) is 2.08. The number of hydrogen-bond donors (Lipinski definition) is 0. The van der Waals surface area contributed by atoms with Gasteiger partial charge in [-0.2, -0.15) is 0 Å². The lowest BCUT2D eigenvalue weighted by Gasteiger charge is -2.19. The van der Waals surface area contributed by atoms with Crippen LogP contribution in [0.25, 0.3) is 0 Å². The molecule has 0 heterocycles. The SMILES string of the molecule is CCCN(CCC)S(=O)c1ccccc1. The Morgan fingerprint density at radius 1 is 1.07 bits per heavy atom. The third kappa shape index (κ3) is 3.76. The summed E-state index contributed by atoms with van der Waals surface area (Å²) in [6, 6.07) is 9.67. The van der Waals surface area contributed by atoms with Crippen LogP contribution in [0.1, 0.15) is 26.7 Å². The maximum Gasteiger partial charge on any atom is 0.127 e. The Morgan fingerprint density at radius 2 is 1.60 bits per heavy atom. The summed E-state index contributed by atoms with van der Waals surface area (Å²) in [7, 11) is -0.988. The van der Waals surface area contributed by atoms with E-state index in [-0.39, 0.29) is 0 Å². The molecule has 0 saturated heterocycles. The smallest absolute Gasteiger partial charge is 0.127 e. The fraction of sp³-hybridized carbons (Fsp3) is 0.500. The number of nitrogens with zero attached hydrogens (tertiary/aromatic N) is 1. The Morgan fingerprint density at radius 3 is 2.07 bits per heavy atom. The van der Waals surface area contributed by atoms with Gasteiger partial charge in [-0.25, -0.2) is 8.51 Å². The van der Waals surface area contributed by atoms with Gasteiger partial charge in [0, 0.05) is 13.1 Å². The standard InChI is InChI=1S/C12H19NOS/c1-3-10-13(11-4-2)15(14)12-8-6-5-7-9-12/h5-9H,3-4,10-11H2,1-2H3. The van der Waals surface area contributed by atoms with E-state index in [0.717, 1.165) is 30.8 Å². The van der Waals surface area contributed by atoms with E-state index in [1.807, 2.05) is 34.6 Å².